The van der Waals surface area contributed by atoms with Crippen molar-refractivity contribution in [2.24, 2.45) is 5.92 Å². The predicted octanol–water partition coefficient (Wildman–Crippen LogP) is 2.66. The van der Waals surface area contributed by atoms with E-state index in [1.807, 2.05) is 0 Å². The lowest BCUT2D eigenvalue weighted by molar-refractivity contribution is -0.384. The Morgan fingerprint density at radius 2 is 1.88 bits per heavy atom. The van der Waals surface area contributed by atoms with Crippen LogP contribution in [0.5, 0.6) is 0 Å². The third-order valence-corrected chi connectivity index (χ3v) is 5.72. The van der Waals surface area contributed by atoms with Gasteiger partial charge in [0.05, 0.1) is 4.92 Å². The summed E-state index contributed by atoms with van der Waals surface area (Å²) >= 11 is 0. The van der Waals surface area contributed by atoms with Crippen LogP contribution in [-0.4, -0.2) is 55.0 Å². The van der Waals surface area contributed by atoms with Crippen LogP contribution in [0, 0.1) is 16.0 Å². The van der Waals surface area contributed by atoms with E-state index >= 15 is 0 Å². The maximum Gasteiger partial charge on any atom is 0.293 e. The van der Waals surface area contributed by atoms with E-state index in [2.05, 4.69) is 17.1 Å². The summed E-state index contributed by atoms with van der Waals surface area (Å²) in [6.45, 7) is 5.65. The molecule has 1 aromatic carbocycles. The lowest BCUT2D eigenvalue weighted by atomic mass is 9.98. The van der Waals surface area contributed by atoms with Crippen molar-refractivity contribution in [1.82, 2.24) is 10.2 Å². The van der Waals surface area contributed by atoms with Gasteiger partial charge in [-0.05, 0) is 56.8 Å². The molecule has 26 heavy (non-hydrogen) atoms. The van der Waals surface area contributed by atoms with E-state index in [0.717, 1.165) is 51.9 Å². The highest BCUT2D eigenvalue weighted by atomic mass is 16.6. The molecule has 2 aliphatic rings. The van der Waals surface area contributed by atoms with Crippen LogP contribution in [0.15, 0.2) is 18.2 Å². The zero-order valence-corrected chi connectivity index (χ0v) is 15.6. The number of anilines is 1. The molecule has 0 saturated carbocycles. The molecular weight excluding hydrogens is 332 g/mol. The van der Waals surface area contributed by atoms with Gasteiger partial charge in [-0.25, -0.2) is 0 Å². The monoisotopic (exact) mass is 360 g/mol. The van der Waals surface area contributed by atoms with Gasteiger partial charge in [-0.15, -0.1) is 0 Å². The lowest BCUT2D eigenvalue weighted by Crippen LogP contribution is -2.44. The highest BCUT2D eigenvalue weighted by Gasteiger charge is 2.27. The first-order chi connectivity index (χ1) is 12.5. The maximum atomic E-state index is 12.8. The average molecular weight is 360 g/mol. The van der Waals surface area contributed by atoms with Crippen LogP contribution in [-0.2, 0) is 0 Å². The predicted molar refractivity (Wildman–Crippen MR) is 102 cm³/mol. The van der Waals surface area contributed by atoms with Gasteiger partial charge in [-0.2, -0.15) is 0 Å². The number of amides is 1. The number of carbonyl (C=O) groups is 1. The summed E-state index contributed by atoms with van der Waals surface area (Å²) < 4.78 is 0. The van der Waals surface area contributed by atoms with Crippen molar-refractivity contribution in [2.75, 3.05) is 38.1 Å². The Labute approximate surface area is 154 Å². The molecule has 2 fully saturated rings. The molecule has 0 unspecified atom stereocenters. The second-order valence-corrected chi connectivity index (χ2v) is 7.53. The number of nitrogens with one attached hydrogen (secondary N) is 1. The summed E-state index contributed by atoms with van der Waals surface area (Å²) in [5.41, 5.74) is 1.05. The second-order valence-electron chi connectivity index (χ2n) is 7.53. The fourth-order valence-electron chi connectivity index (χ4n) is 3.88. The van der Waals surface area contributed by atoms with Crippen LogP contribution in [0.25, 0.3) is 0 Å². The number of nitrogens with zero attached hydrogens (tertiary/aromatic N) is 3. The topological polar surface area (TPSA) is 78.7 Å². The van der Waals surface area contributed by atoms with Crippen LogP contribution in [0.3, 0.4) is 0 Å². The number of nitro benzene ring substituents is 1. The van der Waals surface area contributed by atoms with E-state index in [9.17, 15) is 14.9 Å². The van der Waals surface area contributed by atoms with Gasteiger partial charge >= 0.3 is 0 Å². The summed E-state index contributed by atoms with van der Waals surface area (Å²) in [6, 6.07) is 5.12. The van der Waals surface area contributed by atoms with Gasteiger partial charge in [0.25, 0.3) is 11.6 Å². The Balaban J connectivity index is 1.81. The number of benzene rings is 1. The molecule has 1 aromatic rings. The van der Waals surface area contributed by atoms with Gasteiger partial charge in [0, 0.05) is 37.8 Å². The second kappa shape index (κ2) is 8.03. The molecule has 0 aromatic heterocycles. The van der Waals surface area contributed by atoms with Crippen LogP contribution < -0.4 is 10.2 Å². The molecule has 7 heteroatoms. The summed E-state index contributed by atoms with van der Waals surface area (Å²) in [5, 5.41) is 14.9. The zero-order valence-electron chi connectivity index (χ0n) is 15.6. The molecule has 3 rings (SSSR count). The molecule has 7 nitrogen and oxygen atoms in total. The van der Waals surface area contributed by atoms with Gasteiger partial charge in [0.2, 0.25) is 0 Å². The van der Waals surface area contributed by atoms with Gasteiger partial charge in [0.1, 0.15) is 5.69 Å². The van der Waals surface area contributed by atoms with Crippen LogP contribution in [0.1, 0.15) is 43.0 Å². The maximum absolute atomic E-state index is 12.8. The number of carbonyl (C=O) groups excluding carboxylic acids is 1. The third-order valence-electron chi connectivity index (χ3n) is 5.72. The van der Waals surface area contributed by atoms with Crippen molar-refractivity contribution < 1.29 is 9.72 Å². The normalized spacial score (nSPS) is 19.4. The average Bonchev–Trinajstić information content (AvgIpc) is 2.67. The van der Waals surface area contributed by atoms with Crippen molar-refractivity contribution in [3.63, 3.8) is 0 Å². The molecule has 0 bridgehead atoms. The molecule has 2 saturated heterocycles. The van der Waals surface area contributed by atoms with Gasteiger partial charge in [0.15, 0.2) is 0 Å². The Hall–Kier alpha value is -2.15. The van der Waals surface area contributed by atoms with Gasteiger partial charge < -0.3 is 15.1 Å². The van der Waals surface area contributed by atoms with Crippen molar-refractivity contribution in [1.29, 1.82) is 0 Å². The molecule has 142 valence electrons. The van der Waals surface area contributed by atoms with E-state index < -0.39 is 0 Å². The van der Waals surface area contributed by atoms with E-state index in [-0.39, 0.29) is 22.6 Å². The summed E-state index contributed by atoms with van der Waals surface area (Å²) in [4.78, 5) is 27.9. The van der Waals surface area contributed by atoms with Gasteiger partial charge in [-0.3, -0.25) is 14.9 Å². The largest absolute Gasteiger partial charge is 0.366 e. The highest BCUT2D eigenvalue weighted by Crippen LogP contribution is 2.32. The van der Waals surface area contributed by atoms with Crippen molar-refractivity contribution in [2.45, 2.75) is 38.6 Å². The zero-order chi connectivity index (χ0) is 18.7. The first kappa shape index (κ1) is 18.6. The quantitative estimate of drug-likeness (QED) is 0.660. The number of hydrogen-bond acceptors (Lipinski definition) is 5. The summed E-state index contributed by atoms with van der Waals surface area (Å²) in [7, 11) is 1.80. The molecular formula is C19H28N4O3. The van der Waals surface area contributed by atoms with E-state index in [1.54, 1.807) is 24.1 Å². The lowest BCUT2D eigenvalue weighted by Gasteiger charge is -2.33. The van der Waals surface area contributed by atoms with Crippen molar-refractivity contribution in [3.05, 3.63) is 33.9 Å². The highest BCUT2D eigenvalue weighted by molar-refractivity contribution is 5.95. The number of piperidine rings is 2. The van der Waals surface area contributed by atoms with Crippen LogP contribution in [0.2, 0.25) is 0 Å². The van der Waals surface area contributed by atoms with Crippen molar-refractivity contribution in [3.8, 4) is 0 Å². The molecule has 0 radical (unpaired) electrons. The smallest absolute Gasteiger partial charge is 0.293 e. The van der Waals surface area contributed by atoms with E-state index in [1.165, 1.54) is 6.07 Å². The first-order valence-corrected chi connectivity index (χ1v) is 9.48. The van der Waals surface area contributed by atoms with Gasteiger partial charge in [-0.1, -0.05) is 6.92 Å². The fourth-order valence-corrected chi connectivity index (χ4v) is 3.88. The minimum absolute atomic E-state index is 0.0316. The molecule has 0 spiro atoms. The van der Waals surface area contributed by atoms with E-state index in [4.69, 9.17) is 0 Å². The third kappa shape index (κ3) is 3.98. The van der Waals surface area contributed by atoms with Crippen LogP contribution in [0.4, 0.5) is 11.4 Å². The Morgan fingerprint density at radius 3 is 2.50 bits per heavy atom. The minimum atomic E-state index is -0.366. The molecule has 0 aliphatic carbocycles. The molecule has 1 N–H and O–H groups in total. The molecule has 0 atom stereocenters. The standard InChI is InChI=1S/C19H28N4O3/c1-14-7-11-22(12-8-14)17-4-3-15(13-18(17)23(25)26)19(24)21(2)16-5-9-20-10-6-16/h3-4,13-14,16,20H,5-12H2,1-2H3. The van der Waals surface area contributed by atoms with E-state index in [0.29, 0.717) is 17.2 Å². The SMILES string of the molecule is CC1CCN(c2ccc(C(=O)N(C)C3CCNCC3)cc2[N+](=O)[O-])CC1. The summed E-state index contributed by atoms with van der Waals surface area (Å²) in [6.07, 6.45) is 3.90. The molecule has 2 aliphatic heterocycles. The van der Waals surface area contributed by atoms with Crippen molar-refractivity contribution >= 4 is 17.3 Å². The number of rotatable bonds is 4. The number of nitro groups is 1. The molecule has 1 amide bonds. The Bertz CT molecular complexity index is 665. The Kier molecular flexibility index (Phi) is 5.76. The minimum Gasteiger partial charge on any atom is -0.366 e. The first-order valence-electron chi connectivity index (χ1n) is 9.48. The Morgan fingerprint density at radius 1 is 1.23 bits per heavy atom. The molecule has 2 heterocycles. The van der Waals surface area contributed by atoms with Crippen LogP contribution >= 0.6 is 0 Å². The summed E-state index contributed by atoms with van der Waals surface area (Å²) in [5.74, 6) is 0.517. The number of hydrogen-bond donors (Lipinski definition) is 1. The fraction of sp³-hybridized carbons (Fsp3) is 0.632.